The molecule has 1 aliphatic heterocycles. The number of hydrogen-bond donors (Lipinski definition) is 2. The van der Waals surface area contributed by atoms with Gasteiger partial charge in [-0.3, -0.25) is 4.79 Å². The van der Waals surface area contributed by atoms with Gasteiger partial charge in [0.25, 0.3) is 0 Å². The Kier molecular flexibility index (Phi) is 7.30. The summed E-state index contributed by atoms with van der Waals surface area (Å²) in [6.45, 7) is 3.35. The second-order valence-corrected chi connectivity index (χ2v) is 5.33. The summed E-state index contributed by atoms with van der Waals surface area (Å²) in [5, 5.41) is 12.6. The molecule has 1 amide bonds. The monoisotopic (exact) mass is 273 g/mol. The molecule has 0 aromatic heterocycles. The van der Waals surface area contributed by atoms with E-state index in [-0.39, 0.29) is 11.9 Å². The second-order valence-electron chi connectivity index (χ2n) is 5.33. The van der Waals surface area contributed by atoms with Gasteiger partial charge in [0, 0.05) is 26.7 Å². The van der Waals surface area contributed by atoms with Gasteiger partial charge in [-0.05, 0) is 33.5 Å². The van der Waals surface area contributed by atoms with Gasteiger partial charge in [-0.15, -0.1) is 0 Å². The van der Waals surface area contributed by atoms with E-state index < -0.39 is 6.10 Å². The van der Waals surface area contributed by atoms with Gasteiger partial charge in [0.2, 0.25) is 5.91 Å². The zero-order chi connectivity index (χ0) is 14.3. The number of nitrogens with one attached hydrogen (secondary N) is 1. The molecule has 0 bridgehead atoms. The van der Waals surface area contributed by atoms with E-state index in [1.54, 1.807) is 7.11 Å². The van der Waals surface area contributed by atoms with Crippen molar-refractivity contribution in [1.29, 1.82) is 0 Å². The Bertz CT molecular complexity index is 274. The van der Waals surface area contributed by atoms with Crippen LogP contribution < -0.4 is 5.32 Å². The van der Waals surface area contributed by atoms with Gasteiger partial charge < -0.3 is 25.0 Å². The minimum atomic E-state index is -0.403. The number of amides is 1. The van der Waals surface area contributed by atoms with Gasteiger partial charge >= 0.3 is 0 Å². The molecular weight excluding hydrogens is 246 g/mol. The van der Waals surface area contributed by atoms with Crippen molar-refractivity contribution < 1.29 is 14.6 Å². The van der Waals surface area contributed by atoms with E-state index in [1.807, 2.05) is 19.0 Å². The molecule has 2 unspecified atom stereocenters. The zero-order valence-corrected chi connectivity index (χ0v) is 12.3. The highest BCUT2D eigenvalue weighted by Crippen LogP contribution is 2.10. The third-order valence-electron chi connectivity index (χ3n) is 3.32. The molecule has 0 radical (unpaired) electrons. The lowest BCUT2D eigenvalue weighted by Crippen LogP contribution is -2.45. The first kappa shape index (κ1) is 16.4. The molecule has 6 nitrogen and oxygen atoms in total. The van der Waals surface area contributed by atoms with Crippen molar-refractivity contribution in [3.05, 3.63) is 0 Å². The molecule has 19 heavy (non-hydrogen) atoms. The topological polar surface area (TPSA) is 65.0 Å². The number of carbonyl (C=O) groups excluding carboxylic acids is 1. The van der Waals surface area contributed by atoms with Crippen LogP contribution in [0.4, 0.5) is 0 Å². The van der Waals surface area contributed by atoms with Crippen molar-refractivity contribution in [2.75, 3.05) is 54.0 Å². The van der Waals surface area contributed by atoms with E-state index in [4.69, 9.17) is 4.74 Å². The van der Waals surface area contributed by atoms with E-state index in [2.05, 4.69) is 10.2 Å². The quantitative estimate of drug-likeness (QED) is 0.602. The van der Waals surface area contributed by atoms with E-state index >= 15 is 0 Å². The van der Waals surface area contributed by atoms with Gasteiger partial charge in [-0.2, -0.15) is 0 Å². The predicted molar refractivity (Wildman–Crippen MR) is 74.0 cm³/mol. The van der Waals surface area contributed by atoms with E-state index in [1.165, 1.54) is 0 Å². The molecule has 1 heterocycles. The minimum Gasteiger partial charge on any atom is -0.392 e. The van der Waals surface area contributed by atoms with Crippen molar-refractivity contribution >= 4 is 5.91 Å². The molecule has 1 fully saturated rings. The summed E-state index contributed by atoms with van der Waals surface area (Å²) in [6, 6.07) is -0.244. The molecule has 0 aromatic rings. The number of aliphatic hydroxyl groups excluding tert-OH is 1. The molecule has 0 aromatic carbocycles. The number of nitrogens with zero attached hydrogens (tertiary/aromatic N) is 2. The molecule has 112 valence electrons. The Morgan fingerprint density at radius 2 is 2.11 bits per heavy atom. The lowest BCUT2D eigenvalue weighted by molar-refractivity contribution is -0.134. The van der Waals surface area contributed by atoms with E-state index in [0.717, 1.165) is 19.5 Å². The SMILES string of the molecule is COCCN(CCCN(C)C)C(=O)C1CC(O)CN1. The van der Waals surface area contributed by atoms with Crippen LogP contribution in [0.1, 0.15) is 12.8 Å². The Hall–Kier alpha value is -0.690. The molecule has 1 aliphatic rings. The lowest BCUT2D eigenvalue weighted by atomic mass is 10.1. The Morgan fingerprint density at radius 1 is 1.37 bits per heavy atom. The van der Waals surface area contributed by atoms with Gasteiger partial charge in [0.1, 0.15) is 0 Å². The fraction of sp³-hybridized carbons (Fsp3) is 0.923. The highest BCUT2D eigenvalue weighted by Gasteiger charge is 2.30. The standard InChI is InChI=1S/C13H27N3O3/c1-15(2)5-4-6-16(7-8-19-3)13(18)12-9-11(17)10-14-12/h11-12,14,17H,4-10H2,1-3H3. The van der Waals surface area contributed by atoms with Crippen molar-refractivity contribution in [3.8, 4) is 0 Å². The third kappa shape index (κ3) is 5.86. The molecule has 1 rings (SSSR count). The van der Waals surface area contributed by atoms with Crippen LogP contribution in [-0.4, -0.2) is 87.0 Å². The summed E-state index contributed by atoms with van der Waals surface area (Å²) in [5.41, 5.74) is 0. The number of β-amino-alcohol motifs (C(OH)–C–C–N with tert-alkyl or cyclic N) is 1. The smallest absolute Gasteiger partial charge is 0.239 e. The minimum absolute atomic E-state index is 0.0763. The van der Waals surface area contributed by atoms with Crippen LogP contribution in [0.25, 0.3) is 0 Å². The summed E-state index contributed by atoms with van der Waals surface area (Å²) in [5.74, 6) is 0.0763. The van der Waals surface area contributed by atoms with Crippen LogP contribution in [0.2, 0.25) is 0 Å². The molecule has 0 saturated carbocycles. The normalized spacial score (nSPS) is 23.0. The third-order valence-corrected chi connectivity index (χ3v) is 3.32. The number of rotatable bonds is 8. The molecule has 0 aliphatic carbocycles. The van der Waals surface area contributed by atoms with Gasteiger partial charge in [-0.25, -0.2) is 0 Å². The van der Waals surface area contributed by atoms with Gasteiger partial charge in [-0.1, -0.05) is 0 Å². The number of ether oxygens (including phenoxy) is 1. The summed E-state index contributed by atoms with van der Waals surface area (Å²) in [7, 11) is 5.69. The zero-order valence-electron chi connectivity index (χ0n) is 12.3. The van der Waals surface area contributed by atoms with Crippen LogP contribution in [0.5, 0.6) is 0 Å². The van der Waals surface area contributed by atoms with Crippen LogP contribution in [0, 0.1) is 0 Å². The molecule has 1 saturated heterocycles. The summed E-state index contributed by atoms with van der Waals surface area (Å²) < 4.78 is 5.06. The highest BCUT2D eigenvalue weighted by molar-refractivity contribution is 5.82. The summed E-state index contributed by atoms with van der Waals surface area (Å²) in [6.07, 6.45) is 1.05. The van der Waals surface area contributed by atoms with Crippen LogP contribution >= 0.6 is 0 Å². The van der Waals surface area contributed by atoms with Crippen molar-refractivity contribution in [2.45, 2.75) is 25.0 Å². The highest BCUT2D eigenvalue weighted by atomic mass is 16.5. The first-order valence-corrected chi connectivity index (χ1v) is 6.88. The second kappa shape index (κ2) is 8.47. The molecule has 6 heteroatoms. The average Bonchev–Trinajstić information content (AvgIpc) is 2.79. The summed E-state index contributed by atoms with van der Waals surface area (Å²) >= 11 is 0. The fourth-order valence-electron chi connectivity index (χ4n) is 2.24. The fourth-order valence-corrected chi connectivity index (χ4v) is 2.24. The predicted octanol–water partition coefficient (Wildman–Crippen LogP) is -0.864. The molecular formula is C13H27N3O3. The number of aliphatic hydroxyl groups is 1. The van der Waals surface area contributed by atoms with E-state index in [0.29, 0.717) is 26.1 Å². The molecule has 2 N–H and O–H groups in total. The van der Waals surface area contributed by atoms with Crippen LogP contribution in [0.3, 0.4) is 0 Å². The van der Waals surface area contributed by atoms with Crippen LogP contribution in [-0.2, 0) is 9.53 Å². The first-order valence-electron chi connectivity index (χ1n) is 6.88. The lowest BCUT2D eigenvalue weighted by Gasteiger charge is -2.26. The summed E-state index contributed by atoms with van der Waals surface area (Å²) in [4.78, 5) is 16.3. The Balaban J connectivity index is 2.44. The van der Waals surface area contributed by atoms with Crippen molar-refractivity contribution in [2.24, 2.45) is 0 Å². The van der Waals surface area contributed by atoms with Gasteiger partial charge in [0.15, 0.2) is 0 Å². The number of methoxy groups -OCH3 is 1. The van der Waals surface area contributed by atoms with Gasteiger partial charge in [0.05, 0.1) is 18.8 Å². The van der Waals surface area contributed by atoms with Crippen molar-refractivity contribution in [3.63, 3.8) is 0 Å². The molecule has 0 spiro atoms. The largest absolute Gasteiger partial charge is 0.392 e. The number of carbonyl (C=O) groups is 1. The maximum absolute atomic E-state index is 12.4. The Labute approximate surface area is 115 Å². The maximum atomic E-state index is 12.4. The maximum Gasteiger partial charge on any atom is 0.239 e. The van der Waals surface area contributed by atoms with Crippen molar-refractivity contribution in [1.82, 2.24) is 15.1 Å². The van der Waals surface area contributed by atoms with Crippen LogP contribution in [0.15, 0.2) is 0 Å². The first-order chi connectivity index (χ1) is 9.04. The van der Waals surface area contributed by atoms with E-state index in [9.17, 15) is 9.90 Å². The molecule has 2 atom stereocenters. The Morgan fingerprint density at radius 3 is 2.63 bits per heavy atom. The number of hydrogen-bond acceptors (Lipinski definition) is 5. The average molecular weight is 273 g/mol.